The summed E-state index contributed by atoms with van der Waals surface area (Å²) >= 11 is 18.4. The average Bonchev–Trinajstić information content (AvgIpc) is 2.85. The number of hydrogen-bond acceptors (Lipinski definition) is 4. The van der Waals surface area contributed by atoms with Gasteiger partial charge in [0.1, 0.15) is 0 Å². The molecular weight excluding hydrogens is 529 g/mol. The smallest absolute Gasteiger partial charge is 0.243 e. The van der Waals surface area contributed by atoms with Crippen molar-refractivity contribution in [3.8, 4) is 0 Å². The Kier molecular flexibility index (Phi) is 8.24. The summed E-state index contributed by atoms with van der Waals surface area (Å²) in [5.74, 6) is -0.264. The van der Waals surface area contributed by atoms with Crippen molar-refractivity contribution in [3.63, 3.8) is 0 Å². The Labute approximate surface area is 220 Å². The molecule has 0 N–H and O–H groups in total. The van der Waals surface area contributed by atoms with Crippen LogP contribution in [0.1, 0.15) is 5.56 Å². The quantitative estimate of drug-likeness (QED) is 0.405. The molecule has 0 spiro atoms. The molecule has 35 heavy (non-hydrogen) atoms. The third-order valence-electron chi connectivity index (χ3n) is 5.87. The lowest BCUT2D eigenvalue weighted by molar-refractivity contribution is -0.131. The van der Waals surface area contributed by atoms with Gasteiger partial charge in [0.05, 0.1) is 11.4 Å². The second-order valence-electron chi connectivity index (χ2n) is 8.17. The minimum Gasteiger partial charge on any atom is -0.368 e. The van der Waals surface area contributed by atoms with Gasteiger partial charge in [-0.2, -0.15) is 4.31 Å². The van der Waals surface area contributed by atoms with Gasteiger partial charge in [0.15, 0.2) is 0 Å². The molecule has 0 atom stereocenters. The molecule has 3 aromatic carbocycles. The zero-order valence-electron chi connectivity index (χ0n) is 18.8. The second kappa shape index (κ2) is 11.2. The number of benzene rings is 3. The van der Waals surface area contributed by atoms with E-state index < -0.39 is 10.0 Å². The average molecular weight is 553 g/mol. The normalized spacial score (nSPS) is 14.4. The number of hydrogen-bond donors (Lipinski definition) is 0. The number of sulfonamides is 1. The van der Waals surface area contributed by atoms with Gasteiger partial charge in [-0.25, -0.2) is 8.42 Å². The molecular formula is C25H24Cl3N3O3S. The number of piperazine rings is 1. The van der Waals surface area contributed by atoms with Gasteiger partial charge in [-0.05, 0) is 54.1 Å². The molecule has 0 bridgehead atoms. The summed E-state index contributed by atoms with van der Waals surface area (Å²) in [6, 6.07) is 20.5. The topological polar surface area (TPSA) is 60.9 Å². The van der Waals surface area contributed by atoms with E-state index in [9.17, 15) is 13.2 Å². The van der Waals surface area contributed by atoms with E-state index >= 15 is 0 Å². The monoisotopic (exact) mass is 551 g/mol. The van der Waals surface area contributed by atoms with Gasteiger partial charge in [-0.15, -0.1) is 0 Å². The molecule has 1 fully saturated rings. The highest BCUT2D eigenvalue weighted by Gasteiger charge is 2.30. The minimum atomic E-state index is -3.98. The van der Waals surface area contributed by atoms with E-state index in [-0.39, 0.29) is 23.9 Å². The zero-order valence-corrected chi connectivity index (χ0v) is 21.9. The van der Waals surface area contributed by atoms with Crippen LogP contribution in [-0.4, -0.2) is 56.3 Å². The highest BCUT2D eigenvalue weighted by atomic mass is 35.5. The van der Waals surface area contributed by atoms with E-state index in [0.29, 0.717) is 46.8 Å². The Morgan fingerprint density at radius 3 is 2.17 bits per heavy atom. The van der Waals surface area contributed by atoms with E-state index in [1.54, 1.807) is 29.2 Å². The fourth-order valence-corrected chi connectivity index (χ4v) is 5.81. The van der Waals surface area contributed by atoms with Crippen LogP contribution in [0.5, 0.6) is 0 Å². The van der Waals surface area contributed by atoms with Crippen molar-refractivity contribution in [1.82, 2.24) is 9.21 Å². The van der Waals surface area contributed by atoms with Gasteiger partial charge >= 0.3 is 0 Å². The van der Waals surface area contributed by atoms with Crippen LogP contribution in [0.4, 0.5) is 5.69 Å². The summed E-state index contributed by atoms with van der Waals surface area (Å²) < 4.78 is 28.2. The molecule has 0 radical (unpaired) electrons. The SMILES string of the molecule is O=C(CN(Cc1ccccc1Cl)S(=O)(=O)c1ccc(Cl)cc1)N1CCN(c2cccc(Cl)c2)CC1. The van der Waals surface area contributed by atoms with Crippen molar-refractivity contribution in [2.24, 2.45) is 0 Å². The van der Waals surface area contributed by atoms with Gasteiger partial charge in [0, 0.05) is 53.5 Å². The maximum atomic E-state index is 13.5. The summed E-state index contributed by atoms with van der Waals surface area (Å²) in [6.45, 7) is 1.88. The number of rotatable bonds is 7. The third-order valence-corrected chi connectivity index (χ3v) is 8.54. The van der Waals surface area contributed by atoms with E-state index in [1.165, 1.54) is 28.6 Å². The summed E-state index contributed by atoms with van der Waals surface area (Å²) in [5, 5.41) is 1.52. The molecule has 6 nitrogen and oxygen atoms in total. The molecule has 10 heteroatoms. The summed E-state index contributed by atoms with van der Waals surface area (Å²) in [5.41, 5.74) is 1.61. The Bertz CT molecular complexity index is 1290. The number of anilines is 1. The van der Waals surface area contributed by atoms with Crippen molar-refractivity contribution in [3.05, 3.63) is 93.4 Å². The van der Waals surface area contributed by atoms with Crippen LogP contribution >= 0.6 is 34.8 Å². The first-order valence-electron chi connectivity index (χ1n) is 11.0. The van der Waals surface area contributed by atoms with E-state index in [4.69, 9.17) is 34.8 Å². The Morgan fingerprint density at radius 2 is 1.51 bits per heavy atom. The largest absolute Gasteiger partial charge is 0.368 e. The Morgan fingerprint density at radius 1 is 0.829 bits per heavy atom. The van der Waals surface area contributed by atoms with Crippen LogP contribution in [0.3, 0.4) is 0 Å². The van der Waals surface area contributed by atoms with Crippen molar-refractivity contribution < 1.29 is 13.2 Å². The number of nitrogens with zero attached hydrogens (tertiary/aromatic N) is 3. The van der Waals surface area contributed by atoms with Crippen LogP contribution in [0, 0.1) is 0 Å². The molecule has 1 aliphatic rings. The first kappa shape index (κ1) is 25.8. The molecule has 1 saturated heterocycles. The minimum absolute atomic E-state index is 0.0289. The lowest BCUT2D eigenvalue weighted by Gasteiger charge is -2.37. The van der Waals surface area contributed by atoms with E-state index in [2.05, 4.69) is 4.90 Å². The summed E-state index contributed by atoms with van der Waals surface area (Å²) in [4.78, 5) is 17.1. The molecule has 0 unspecified atom stereocenters. The van der Waals surface area contributed by atoms with Crippen LogP contribution in [-0.2, 0) is 21.4 Å². The van der Waals surface area contributed by atoms with Gasteiger partial charge in [0.2, 0.25) is 15.9 Å². The van der Waals surface area contributed by atoms with Crippen LogP contribution in [0.15, 0.2) is 77.7 Å². The van der Waals surface area contributed by atoms with Crippen molar-refractivity contribution >= 4 is 56.4 Å². The molecule has 0 aliphatic carbocycles. The molecule has 4 rings (SSSR count). The van der Waals surface area contributed by atoms with Gasteiger partial charge in [0.25, 0.3) is 0 Å². The predicted molar refractivity (Wildman–Crippen MR) is 141 cm³/mol. The highest BCUT2D eigenvalue weighted by molar-refractivity contribution is 7.89. The predicted octanol–water partition coefficient (Wildman–Crippen LogP) is 5.19. The number of carbonyl (C=O) groups is 1. The molecule has 0 aromatic heterocycles. The third kappa shape index (κ3) is 6.29. The van der Waals surface area contributed by atoms with Crippen LogP contribution in [0.2, 0.25) is 15.1 Å². The maximum absolute atomic E-state index is 13.5. The van der Waals surface area contributed by atoms with E-state index in [1.807, 2.05) is 24.3 Å². The number of carbonyl (C=O) groups excluding carboxylic acids is 1. The number of amides is 1. The molecule has 3 aromatic rings. The molecule has 1 heterocycles. The van der Waals surface area contributed by atoms with Gasteiger partial charge in [-0.3, -0.25) is 4.79 Å². The fraction of sp³-hybridized carbons (Fsp3) is 0.240. The Hall–Kier alpha value is -2.29. The van der Waals surface area contributed by atoms with Crippen LogP contribution in [0.25, 0.3) is 0 Å². The maximum Gasteiger partial charge on any atom is 0.243 e. The lowest BCUT2D eigenvalue weighted by atomic mass is 10.2. The summed E-state index contributed by atoms with van der Waals surface area (Å²) in [7, 11) is -3.98. The first-order chi connectivity index (χ1) is 16.7. The highest BCUT2D eigenvalue weighted by Crippen LogP contribution is 2.25. The van der Waals surface area contributed by atoms with Crippen molar-refractivity contribution in [2.45, 2.75) is 11.4 Å². The fourth-order valence-electron chi connectivity index (χ4n) is 3.94. The summed E-state index contributed by atoms with van der Waals surface area (Å²) in [6.07, 6.45) is 0. The van der Waals surface area contributed by atoms with Crippen molar-refractivity contribution in [2.75, 3.05) is 37.6 Å². The van der Waals surface area contributed by atoms with E-state index in [0.717, 1.165) is 5.69 Å². The molecule has 1 aliphatic heterocycles. The molecule has 184 valence electrons. The molecule has 0 saturated carbocycles. The van der Waals surface area contributed by atoms with Crippen LogP contribution < -0.4 is 4.90 Å². The van der Waals surface area contributed by atoms with Gasteiger partial charge in [-0.1, -0.05) is 59.1 Å². The second-order valence-corrected chi connectivity index (χ2v) is 11.4. The lowest BCUT2D eigenvalue weighted by Crippen LogP contribution is -2.51. The van der Waals surface area contributed by atoms with Crippen molar-refractivity contribution in [1.29, 1.82) is 0 Å². The first-order valence-corrected chi connectivity index (χ1v) is 13.6. The zero-order chi connectivity index (χ0) is 25.0. The number of halogens is 3. The van der Waals surface area contributed by atoms with Gasteiger partial charge < -0.3 is 9.80 Å². The Balaban J connectivity index is 1.51. The standard InChI is InChI=1S/C25H24Cl3N3O3S/c26-20-8-10-23(11-9-20)35(33,34)31(17-19-4-1-2-7-24(19)28)18-25(32)30-14-12-29(13-15-30)22-6-3-5-21(27)16-22/h1-11,16H,12-15,17-18H2. The molecule has 1 amide bonds.